The number of methoxy groups -OCH3 is 2. The Balaban J connectivity index is 1.66. The number of carbonyl (C=O) groups is 2. The zero-order valence-corrected chi connectivity index (χ0v) is 18.8. The van der Waals surface area contributed by atoms with E-state index in [1.807, 2.05) is 48.5 Å². The molecule has 0 heterocycles. The molecule has 3 aromatic carbocycles. The Morgan fingerprint density at radius 2 is 1.41 bits per heavy atom. The van der Waals surface area contributed by atoms with Crippen molar-refractivity contribution in [2.45, 2.75) is 19.3 Å². The molecule has 3 rings (SSSR count). The van der Waals surface area contributed by atoms with Gasteiger partial charge in [0, 0.05) is 23.1 Å². The quantitative estimate of drug-likeness (QED) is 0.386. The van der Waals surface area contributed by atoms with Gasteiger partial charge in [-0.1, -0.05) is 48.0 Å². The van der Waals surface area contributed by atoms with E-state index in [-0.39, 0.29) is 12.2 Å². The lowest BCUT2D eigenvalue weighted by Gasteiger charge is -2.13. The first-order valence-electron chi connectivity index (χ1n) is 10.2. The summed E-state index contributed by atoms with van der Waals surface area (Å²) in [4.78, 5) is 24.5. The van der Waals surface area contributed by atoms with E-state index >= 15 is 0 Å². The van der Waals surface area contributed by atoms with E-state index < -0.39 is 11.9 Å². The fourth-order valence-electron chi connectivity index (χ4n) is 3.50. The zero-order chi connectivity index (χ0) is 23.1. The van der Waals surface area contributed by atoms with Crippen molar-refractivity contribution in [3.63, 3.8) is 0 Å². The molecule has 0 saturated heterocycles. The molecule has 32 heavy (non-hydrogen) atoms. The van der Waals surface area contributed by atoms with Crippen LogP contribution in [0.25, 0.3) is 11.1 Å². The van der Waals surface area contributed by atoms with E-state index in [0.717, 1.165) is 16.7 Å². The summed E-state index contributed by atoms with van der Waals surface area (Å²) in [5, 5.41) is 10.3. The molecular formula is C26H25ClO5. The van der Waals surface area contributed by atoms with Crippen LogP contribution in [0, 0.1) is 5.92 Å². The fraction of sp³-hybridized carbons (Fsp3) is 0.231. The van der Waals surface area contributed by atoms with Crippen LogP contribution in [0.4, 0.5) is 0 Å². The molecule has 6 heteroatoms. The molecule has 0 spiro atoms. The van der Waals surface area contributed by atoms with Gasteiger partial charge in [0.15, 0.2) is 5.78 Å². The summed E-state index contributed by atoms with van der Waals surface area (Å²) in [5.74, 6) is -0.670. The Kier molecular flexibility index (Phi) is 7.90. The van der Waals surface area contributed by atoms with Crippen LogP contribution in [0.15, 0.2) is 66.7 Å². The van der Waals surface area contributed by atoms with Gasteiger partial charge in [0.25, 0.3) is 0 Å². The number of hydrogen-bond acceptors (Lipinski definition) is 4. The number of carboxylic acid groups (broad SMARTS) is 1. The average molecular weight is 453 g/mol. The third-order valence-electron chi connectivity index (χ3n) is 5.36. The number of rotatable bonds is 10. The number of benzene rings is 3. The van der Waals surface area contributed by atoms with Crippen LogP contribution < -0.4 is 9.47 Å². The van der Waals surface area contributed by atoms with Crippen LogP contribution in [0.1, 0.15) is 28.8 Å². The molecule has 5 nitrogen and oxygen atoms in total. The highest BCUT2D eigenvalue weighted by Crippen LogP contribution is 2.26. The van der Waals surface area contributed by atoms with Crippen molar-refractivity contribution in [3.8, 4) is 22.6 Å². The zero-order valence-electron chi connectivity index (χ0n) is 18.0. The molecule has 0 aliphatic carbocycles. The molecule has 166 valence electrons. The third kappa shape index (κ3) is 6.11. The van der Waals surface area contributed by atoms with Gasteiger partial charge in [0.2, 0.25) is 0 Å². The van der Waals surface area contributed by atoms with Gasteiger partial charge >= 0.3 is 5.97 Å². The molecule has 0 radical (unpaired) electrons. The van der Waals surface area contributed by atoms with Crippen molar-refractivity contribution >= 4 is 23.4 Å². The average Bonchev–Trinajstić information content (AvgIpc) is 2.81. The lowest BCUT2D eigenvalue weighted by atomic mass is 9.92. The highest BCUT2D eigenvalue weighted by Gasteiger charge is 2.22. The van der Waals surface area contributed by atoms with Crippen LogP contribution >= 0.6 is 11.6 Å². The van der Waals surface area contributed by atoms with Gasteiger partial charge in [-0.3, -0.25) is 9.59 Å². The highest BCUT2D eigenvalue weighted by atomic mass is 35.5. The number of aryl methyl sites for hydroxylation is 1. The summed E-state index contributed by atoms with van der Waals surface area (Å²) in [7, 11) is 3.13. The largest absolute Gasteiger partial charge is 0.497 e. The monoisotopic (exact) mass is 452 g/mol. The van der Waals surface area contributed by atoms with E-state index in [0.29, 0.717) is 34.9 Å². The van der Waals surface area contributed by atoms with Gasteiger partial charge in [-0.2, -0.15) is 0 Å². The molecule has 0 saturated carbocycles. The number of Topliss-reactive ketones (excluding diaryl/α,β-unsaturated/α-hetero) is 1. The first-order chi connectivity index (χ1) is 15.4. The van der Waals surface area contributed by atoms with Gasteiger partial charge < -0.3 is 14.6 Å². The molecule has 0 fully saturated rings. The standard InChI is InChI=1S/C26H25ClO5/c1-31-23-13-17(14-24(16-23)32-2)3-4-21(26(29)30)15-25(28)20-7-5-18(6-8-20)19-9-11-22(27)12-10-19/h5-14,16,21H,3-4,15H2,1-2H3,(H,29,30). The summed E-state index contributed by atoms with van der Waals surface area (Å²) in [6, 6.07) is 20.1. The third-order valence-corrected chi connectivity index (χ3v) is 5.61. The molecule has 0 amide bonds. The molecule has 3 aromatic rings. The normalized spacial score (nSPS) is 11.6. The molecule has 1 atom stereocenters. The molecule has 0 aliphatic rings. The SMILES string of the molecule is COc1cc(CCC(CC(=O)c2ccc(-c3ccc(Cl)cc3)cc2)C(=O)O)cc(OC)c1. The number of ketones is 1. The highest BCUT2D eigenvalue weighted by molar-refractivity contribution is 6.30. The van der Waals surface area contributed by atoms with Crippen molar-refractivity contribution in [2.24, 2.45) is 5.92 Å². The fourth-order valence-corrected chi connectivity index (χ4v) is 3.62. The van der Waals surface area contributed by atoms with Crippen LogP contribution in [0.5, 0.6) is 11.5 Å². The predicted octanol–water partition coefficient (Wildman–Crippen LogP) is 5.93. The van der Waals surface area contributed by atoms with Crippen LogP contribution in [0.2, 0.25) is 5.02 Å². The number of halogens is 1. The van der Waals surface area contributed by atoms with Crippen molar-refractivity contribution in [1.29, 1.82) is 0 Å². The number of ether oxygens (including phenoxy) is 2. The topological polar surface area (TPSA) is 72.8 Å². The van der Waals surface area contributed by atoms with Crippen molar-refractivity contribution in [1.82, 2.24) is 0 Å². The minimum absolute atomic E-state index is 0.0588. The Hall–Kier alpha value is -3.31. The summed E-state index contributed by atoms with van der Waals surface area (Å²) in [6.07, 6.45) is 0.768. The van der Waals surface area contributed by atoms with Gasteiger partial charge in [-0.25, -0.2) is 0 Å². The Bertz CT molecular complexity index is 1050. The van der Waals surface area contributed by atoms with Crippen molar-refractivity contribution < 1.29 is 24.2 Å². The molecule has 0 aliphatic heterocycles. The molecule has 0 bridgehead atoms. The molecular weight excluding hydrogens is 428 g/mol. The van der Waals surface area contributed by atoms with Crippen LogP contribution in [0.3, 0.4) is 0 Å². The van der Waals surface area contributed by atoms with E-state index in [1.165, 1.54) is 0 Å². The van der Waals surface area contributed by atoms with Gasteiger partial charge in [0.05, 0.1) is 20.1 Å². The van der Waals surface area contributed by atoms with Crippen molar-refractivity contribution in [3.05, 3.63) is 82.9 Å². The number of hydrogen-bond donors (Lipinski definition) is 1. The summed E-state index contributed by atoms with van der Waals surface area (Å²) >= 11 is 5.93. The van der Waals surface area contributed by atoms with Crippen LogP contribution in [-0.4, -0.2) is 31.1 Å². The summed E-state index contributed by atoms with van der Waals surface area (Å²) in [6.45, 7) is 0. The first kappa shape index (κ1) is 23.4. The predicted molar refractivity (Wildman–Crippen MR) is 125 cm³/mol. The summed E-state index contributed by atoms with van der Waals surface area (Å²) in [5.41, 5.74) is 3.34. The number of aliphatic carboxylic acids is 1. The van der Waals surface area contributed by atoms with E-state index in [1.54, 1.807) is 32.4 Å². The Labute approximate surface area is 192 Å². The minimum atomic E-state index is -0.981. The maximum atomic E-state index is 12.7. The number of carbonyl (C=O) groups excluding carboxylic acids is 1. The van der Waals surface area contributed by atoms with E-state index in [9.17, 15) is 14.7 Å². The molecule has 0 aromatic heterocycles. The van der Waals surface area contributed by atoms with E-state index in [2.05, 4.69) is 0 Å². The maximum absolute atomic E-state index is 12.7. The van der Waals surface area contributed by atoms with Crippen molar-refractivity contribution in [2.75, 3.05) is 14.2 Å². The Morgan fingerprint density at radius 3 is 1.91 bits per heavy atom. The lowest BCUT2D eigenvalue weighted by molar-refractivity contribution is -0.141. The van der Waals surface area contributed by atoms with E-state index in [4.69, 9.17) is 21.1 Å². The lowest BCUT2D eigenvalue weighted by Crippen LogP contribution is -2.19. The molecule has 1 unspecified atom stereocenters. The smallest absolute Gasteiger partial charge is 0.306 e. The second-order valence-corrected chi connectivity index (χ2v) is 7.94. The first-order valence-corrected chi connectivity index (χ1v) is 10.6. The number of carboxylic acids is 1. The summed E-state index contributed by atoms with van der Waals surface area (Å²) < 4.78 is 10.5. The molecule has 1 N–H and O–H groups in total. The Morgan fingerprint density at radius 1 is 0.875 bits per heavy atom. The van der Waals surface area contributed by atoms with Crippen LogP contribution in [-0.2, 0) is 11.2 Å². The second kappa shape index (κ2) is 10.8. The second-order valence-electron chi connectivity index (χ2n) is 7.51. The minimum Gasteiger partial charge on any atom is -0.497 e. The van der Waals surface area contributed by atoms with Gasteiger partial charge in [-0.15, -0.1) is 0 Å². The maximum Gasteiger partial charge on any atom is 0.306 e. The van der Waals surface area contributed by atoms with Gasteiger partial charge in [0.1, 0.15) is 11.5 Å². The van der Waals surface area contributed by atoms with Gasteiger partial charge in [-0.05, 0) is 53.8 Å².